The number of benzene rings is 4. The van der Waals surface area contributed by atoms with Crippen LogP contribution in [0.4, 0.5) is 0 Å². The first-order valence-electron chi connectivity index (χ1n) is 16.6. The van der Waals surface area contributed by atoms with Crippen molar-refractivity contribution in [3.63, 3.8) is 0 Å². The highest BCUT2D eigenvalue weighted by molar-refractivity contribution is 7.98. The molecule has 8 rings (SSSR count). The molecule has 0 aliphatic rings. The van der Waals surface area contributed by atoms with E-state index in [1.54, 1.807) is 0 Å². The monoisotopic (exact) mass is 724 g/mol. The van der Waals surface area contributed by atoms with Crippen LogP contribution in [0.3, 0.4) is 0 Å². The van der Waals surface area contributed by atoms with Crippen molar-refractivity contribution in [3.8, 4) is 34.0 Å². The van der Waals surface area contributed by atoms with Gasteiger partial charge in [0, 0.05) is 22.3 Å². The van der Waals surface area contributed by atoms with Gasteiger partial charge < -0.3 is 17.7 Å². The molecule has 10 nitrogen and oxygen atoms in total. The Bertz CT molecular complexity index is 2550. The van der Waals surface area contributed by atoms with Crippen LogP contribution in [0.1, 0.15) is 34.0 Å². The molecule has 0 spiro atoms. The second kappa shape index (κ2) is 14.5. The van der Waals surface area contributed by atoms with E-state index >= 15 is 0 Å². The molecule has 4 heterocycles. The molecule has 0 unspecified atom stereocenters. The van der Waals surface area contributed by atoms with Crippen molar-refractivity contribution in [2.75, 3.05) is 0 Å². The maximum atomic E-state index is 6.40. The first kappa shape index (κ1) is 33.4. The van der Waals surface area contributed by atoms with Gasteiger partial charge >= 0.3 is 0 Å². The molecule has 0 aliphatic carbocycles. The third-order valence-electron chi connectivity index (χ3n) is 8.30. The second-order valence-electron chi connectivity index (χ2n) is 12.2. The van der Waals surface area contributed by atoms with Gasteiger partial charge in [-0.05, 0) is 86.3 Å². The summed E-state index contributed by atoms with van der Waals surface area (Å²) in [5.41, 5.74) is 10.8. The molecule has 0 bridgehead atoms. The van der Waals surface area contributed by atoms with Crippen molar-refractivity contribution in [1.82, 2.24) is 30.4 Å². The Labute approximate surface area is 307 Å². The van der Waals surface area contributed by atoms with Crippen LogP contribution < -0.4 is 0 Å². The number of rotatable bonds is 13. The highest BCUT2D eigenvalue weighted by Gasteiger charge is 2.20. The number of aromatic nitrogens is 6. The van der Waals surface area contributed by atoms with Crippen molar-refractivity contribution >= 4 is 45.7 Å². The average molecular weight is 725 g/mol. The molecule has 258 valence electrons. The molecule has 0 saturated heterocycles. The van der Waals surface area contributed by atoms with E-state index in [0.29, 0.717) is 69.5 Å². The van der Waals surface area contributed by atoms with Crippen LogP contribution in [-0.4, -0.2) is 30.4 Å². The fraction of sp³-hybridized carbons (Fsp3) is 0.150. The molecule has 4 aromatic carbocycles. The van der Waals surface area contributed by atoms with E-state index in [1.165, 1.54) is 23.5 Å². The minimum Gasteiger partial charge on any atom is -0.431 e. The molecule has 0 aliphatic heterocycles. The maximum Gasteiger partial charge on any atom is 0.257 e. The summed E-state index contributed by atoms with van der Waals surface area (Å²) < 4.78 is 24.5. The zero-order valence-corrected chi connectivity index (χ0v) is 30.1. The Kier molecular flexibility index (Phi) is 9.31. The van der Waals surface area contributed by atoms with E-state index in [0.717, 1.165) is 55.5 Å². The van der Waals surface area contributed by atoms with E-state index < -0.39 is 0 Å². The van der Waals surface area contributed by atoms with Crippen LogP contribution in [0, 0.1) is 13.8 Å². The molecule has 4 aromatic heterocycles. The predicted molar refractivity (Wildman–Crippen MR) is 203 cm³/mol. The normalized spacial score (nSPS) is 11.5. The quantitative estimate of drug-likeness (QED) is 0.0828. The zero-order chi connectivity index (χ0) is 35.6. The summed E-state index contributed by atoms with van der Waals surface area (Å²) in [6.45, 7) is 12.0. The Hall–Kier alpha value is -5.72. The molecule has 0 radical (unpaired) electrons. The van der Waals surface area contributed by atoms with Crippen molar-refractivity contribution < 1.29 is 17.7 Å². The first-order chi connectivity index (χ1) is 25.4. The summed E-state index contributed by atoms with van der Waals surface area (Å²) in [7, 11) is 0. The summed E-state index contributed by atoms with van der Waals surface area (Å²) in [6.07, 6.45) is 5.00. The lowest BCUT2D eigenvalue weighted by molar-refractivity contribution is 0.484. The van der Waals surface area contributed by atoms with Crippen LogP contribution in [0.2, 0.25) is 0 Å². The van der Waals surface area contributed by atoms with Crippen molar-refractivity contribution in [2.45, 2.75) is 48.6 Å². The number of allylic oxidation sites excluding steroid dienone is 2. The molecule has 0 amide bonds. The smallest absolute Gasteiger partial charge is 0.257 e. The van der Waals surface area contributed by atoms with E-state index in [9.17, 15) is 0 Å². The fourth-order valence-corrected chi connectivity index (χ4v) is 7.07. The minimum atomic E-state index is 0.409. The van der Waals surface area contributed by atoms with Gasteiger partial charge in [0.2, 0.25) is 23.6 Å². The molecular weight excluding hydrogens is 693 g/mol. The summed E-state index contributed by atoms with van der Waals surface area (Å²) in [4.78, 5) is 9.68. The highest BCUT2D eigenvalue weighted by atomic mass is 32.2. The molecule has 12 heteroatoms. The lowest BCUT2D eigenvalue weighted by Gasteiger charge is -2.08. The zero-order valence-electron chi connectivity index (χ0n) is 28.5. The summed E-state index contributed by atoms with van der Waals surface area (Å²) in [5, 5.41) is 17.9. The van der Waals surface area contributed by atoms with Crippen LogP contribution in [0.25, 0.3) is 56.2 Å². The van der Waals surface area contributed by atoms with Gasteiger partial charge in [-0.25, -0.2) is 9.97 Å². The summed E-state index contributed by atoms with van der Waals surface area (Å²) in [5.74, 6) is 2.75. The second-order valence-corrected chi connectivity index (χ2v) is 14.1. The first-order valence-corrected chi connectivity index (χ1v) is 18.5. The minimum absolute atomic E-state index is 0.409. The highest BCUT2D eigenvalue weighted by Crippen LogP contribution is 2.38. The van der Waals surface area contributed by atoms with Crippen LogP contribution >= 0.6 is 23.5 Å². The van der Waals surface area contributed by atoms with E-state index in [-0.39, 0.29) is 0 Å². The largest absolute Gasteiger partial charge is 0.431 e. The van der Waals surface area contributed by atoms with Gasteiger partial charge in [-0.1, -0.05) is 71.1 Å². The van der Waals surface area contributed by atoms with Gasteiger partial charge in [-0.3, -0.25) is 0 Å². The maximum absolute atomic E-state index is 6.40. The van der Waals surface area contributed by atoms with Gasteiger partial charge in [0.15, 0.2) is 11.2 Å². The Morgan fingerprint density at radius 1 is 0.577 bits per heavy atom. The molecule has 52 heavy (non-hydrogen) atoms. The van der Waals surface area contributed by atoms with Gasteiger partial charge in [-0.2, -0.15) is 0 Å². The molecule has 0 atom stereocenters. The van der Waals surface area contributed by atoms with Gasteiger partial charge in [0.25, 0.3) is 10.4 Å². The summed E-state index contributed by atoms with van der Waals surface area (Å²) in [6, 6.07) is 24.2. The van der Waals surface area contributed by atoms with Crippen molar-refractivity contribution in [3.05, 3.63) is 132 Å². The SMILES string of the molecule is C=CCc1cc(-c2cc(CC=C)c3oc(SCc4nnc(-c5ccc(C)cc5)o4)nc3c2)c2oc(SCc3nnc(-c4ccc(C)cc4)o3)nc2c1. The van der Waals surface area contributed by atoms with E-state index in [4.69, 9.17) is 27.6 Å². The number of hydrogen-bond donors (Lipinski definition) is 0. The number of nitrogens with zero attached hydrogens (tertiary/aromatic N) is 6. The van der Waals surface area contributed by atoms with E-state index in [2.05, 4.69) is 45.7 Å². The lowest BCUT2D eigenvalue weighted by Crippen LogP contribution is -1.89. The third kappa shape index (κ3) is 7.07. The Balaban J connectivity index is 1.06. The van der Waals surface area contributed by atoms with Crippen LogP contribution in [-0.2, 0) is 24.3 Å². The molecule has 0 N–H and O–H groups in total. The standard InChI is InChI=1S/C40H32N6O4S2/c1-5-7-25-17-30(36-31(18-25)41-40(50-36)52-22-34-44-46-38(48-34)27-15-11-24(4)12-16-27)29-19-28(8-6-2)35-32(20-29)42-39(49-35)51-21-33-43-45-37(47-33)26-13-9-23(3)10-14-26/h5-6,9-20H,1-2,7-8,21-22H2,3-4H3. The molecule has 0 fully saturated rings. The lowest BCUT2D eigenvalue weighted by atomic mass is 9.97. The van der Waals surface area contributed by atoms with Crippen molar-refractivity contribution in [1.29, 1.82) is 0 Å². The van der Waals surface area contributed by atoms with Gasteiger partial charge in [-0.15, -0.1) is 33.6 Å². The topological polar surface area (TPSA) is 130 Å². The number of fused-ring (bicyclic) bond motifs is 2. The molecule has 0 saturated carbocycles. The van der Waals surface area contributed by atoms with Gasteiger partial charge in [0.1, 0.15) is 11.0 Å². The van der Waals surface area contributed by atoms with Crippen molar-refractivity contribution in [2.24, 2.45) is 0 Å². The third-order valence-corrected chi connectivity index (χ3v) is 9.93. The van der Waals surface area contributed by atoms with Gasteiger partial charge in [0.05, 0.1) is 11.5 Å². The number of aryl methyl sites for hydroxylation is 2. The fourth-order valence-electron chi connectivity index (χ4n) is 5.73. The molecule has 8 aromatic rings. The Morgan fingerprint density at radius 3 is 1.67 bits per heavy atom. The average Bonchev–Trinajstić information content (AvgIpc) is 3.97. The number of thioether (sulfide) groups is 2. The summed E-state index contributed by atoms with van der Waals surface area (Å²) >= 11 is 2.80. The van der Waals surface area contributed by atoms with Crippen LogP contribution in [0.5, 0.6) is 0 Å². The van der Waals surface area contributed by atoms with E-state index in [1.807, 2.05) is 86.7 Å². The van der Waals surface area contributed by atoms with Crippen LogP contribution in [0.15, 0.2) is 126 Å². The predicted octanol–water partition coefficient (Wildman–Crippen LogP) is 10.4. The molecular formula is C40H32N6O4S2. The number of hydrogen-bond acceptors (Lipinski definition) is 12. The number of oxazole rings is 2. The Morgan fingerprint density at radius 2 is 1.12 bits per heavy atom.